The SMILES string of the molecule is Cc1ccc(S(=O)(=O)n2cccc2/C=C2\CC2(C)NC(=O)C(Cl)(Cl)Cl)cc1. The number of halogens is 3. The number of alkyl halides is 3. The highest BCUT2D eigenvalue weighted by Gasteiger charge is 2.48. The Labute approximate surface area is 173 Å². The lowest BCUT2D eigenvalue weighted by atomic mass is 10.2. The van der Waals surface area contributed by atoms with Crippen LogP contribution in [0.5, 0.6) is 0 Å². The van der Waals surface area contributed by atoms with E-state index in [-0.39, 0.29) is 4.90 Å². The third-order valence-corrected chi connectivity index (χ3v) is 6.65. The Morgan fingerprint density at radius 1 is 1.22 bits per heavy atom. The molecule has 1 fully saturated rings. The van der Waals surface area contributed by atoms with Crippen molar-refractivity contribution in [1.29, 1.82) is 0 Å². The van der Waals surface area contributed by atoms with Crippen LogP contribution >= 0.6 is 34.8 Å². The normalized spacial score (nSPS) is 21.3. The van der Waals surface area contributed by atoms with Crippen molar-refractivity contribution in [2.45, 2.75) is 34.5 Å². The maximum atomic E-state index is 12.9. The Kier molecular flexibility index (Phi) is 5.14. The zero-order valence-electron chi connectivity index (χ0n) is 14.5. The molecule has 0 radical (unpaired) electrons. The van der Waals surface area contributed by atoms with Gasteiger partial charge < -0.3 is 5.32 Å². The lowest BCUT2D eigenvalue weighted by Crippen LogP contribution is -2.41. The van der Waals surface area contributed by atoms with E-state index in [1.165, 1.54) is 10.2 Å². The summed E-state index contributed by atoms with van der Waals surface area (Å²) in [6.45, 7) is 3.68. The summed E-state index contributed by atoms with van der Waals surface area (Å²) in [5.41, 5.74) is 1.63. The molecule has 1 saturated carbocycles. The van der Waals surface area contributed by atoms with Crippen molar-refractivity contribution in [3.05, 3.63) is 59.4 Å². The van der Waals surface area contributed by atoms with Gasteiger partial charge in [0.15, 0.2) is 0 Å². The number of hydrogen-bond acceptors (Lipinski definition) is 3. The van der Waals surface area contributed by atoms with Crippen LogP contribution < -0.4 is 5.32 Å². The number of nitrogens with zero attached hydrogens (tertiary/aromatic N) is 1. The molecule has 1 heterocycles. The zero-order valence-corrected chi connectivity index (χ0v) is 17.6. The van der Waals surface area contributed by atoms with Crippen LogP contribution in [-0.2, 0) is 14.8 Å². The predicted octanol–water partition coefficient (Wildman–Crippen LogP) is 4.07. The Morgan fingerprint density at radius 3 is 2.44 bits per heavy atom. The molecule has 1 aromatic heterocycles. The van der Waals surface area contributed by atoms with Gasteiger partial charge in [0.1, 0.15) is 0 Å². The number of rotatable bonds is 4. The van der Waals surface area contributed by atoms with E-state index in [1.54, 1.807) is 49.4 Å². The smallest absolute Gasteiger partial charge is 0.272 e. The van der Waals surface area contributed by atoms with Gasteiger partial charge in [-0.15, -0.1) is 0 Å². The first kappa shape index (κ1) is 20.3. The molecule has 1 amide bonds. The minimum atomic E-state index is -3.72. The first-order valence-corrected chi connectivity index (χ1v) is 10.6. The molecule has 9 heteroatoms. The summed E-state index contributed by atoms with van der Waals surface area (Å²) < 4.78 is 25.0. The van der Waals surface area contributed by atoms with Crippen LogP contribution in [0.15, 0.2) is 53.1 Å². The van der Waals surface area contributed by atoms with Gasteiger partial charge in [0.2, 0.25) is 0 Å². The predicted molar refractivity (Wildman–Crippen MR) is 108 cm³/mol. The van der Waals surface area contributed by atoms with Gasteiger partial charge in [-0.25, -0.2) is 12.4 Å². The van der Waals surface area contributed by atoms with Gasteiger partial charge in [-0.3, -0.25) is 4.79 Å². The van der Waals surface area contributed by atoms with Crippen LogP contribution in [0.2, 0.25) is 0 Å². The molecule has 0 spiro atoms. The molecule has 5 nitrogen and oxygen atoms in total. The van der Waals surface area contributed by atoms with Crippen molar-refractivity contribution in [3.8, 4) is 0 Å². The Hall–Kier alpha value is -1.47. The van der Waals surface area contributed by atoms with E-state index in [0.29, 0.717) is 12.1 Å². The van der Waals surface area contributed by atoms with Crippen LogP contribution in [0.3, 0.4) is 0 Å². The average molecular weight is 448 g/mol. The highest BCUT2D eigenvalue weighted by molar-refractivity contribution is 7.90. The van der Waals surface area contributed by atoms with E-state index in [2.05, 4.69) is 5.32 Å². The van der Waals surface area contributed by atoms with Crippen molar-refractivity contribution >= 4 is 56.8 Å². The molecular formula is C18H17Cl3N2O3S. The second kappa shape index (κ2) is 6.85. The van der Waals surface area contributed by atoms with Crippen LogP contribution in [0.25, 0.3) is 6.08 Å². The van der Waals surface area contributed by atoms with E-state index >= 15 is 0 Å². The number of aromatic nitrogens is 1. The summed E-state index contributed by atoms with van der Waals surface area (Å²) >= 11 is 16.8. The fourth-order valence-corrected chi connectivity index (χ4v) is 4.18. The molecule has 1 aliphatic rings. The molecule has 1 aliphatic carbocycles. The Morgan fingerprint density at radius 2 is 1.85 bits per heavy atom. The van der Waals surface area contributed by atoms with Gasteiger partial charge in [0.25, 0.3) is 19.7 Å². The molecule has 2 aromatic rings. The van der Waals surface area contributed by atoms with Gasteiger partial charge in [0, 0.05) is 6.20 Å². The minimum Gasteiger partial charge on any atom is -0.343 e. The summed E-state index contributed by atoms with van der Waals surface area (Å²) in [5.74, 6) is -0.721. The monoisotopic (exact) mass is 446 g/mol. The first-order valence-electron chi connectivity index (χ1n) is 8.03. The zero-order chi connectivity index (χ0) is 20.0. The van der Waals surface area contributed by atoms with Crippen molar-refractivity contribution in [1.82, 2.24) is 9.29 Å². The van der Waals surface area contributed by atoms with Crippen molar-refractivity contribution in [3.63, 3.8) is 0 Å². The van der Waals surface area contributed by atoms with Crippen LogP contribution in [0, 0.1) is 6.92 Å². The maximum absolute atomic E-state index is 12.9. The standard InChI is InChI=1S/C18H17Cl3N2O3S/c1-12-5-7-15(8-6-12)27(25,26)23-9-3-4-14(23)10-13-11-17(13,2)22-16(24)18(19,20)21/h3-10H,11H2,1-2H3,(H,22,24)/b13-10+. The molecule has 27 heavy (non-hydrogen) atoms. The fraction of sp³-hybridized carbons (Fsp3) is 0.278. The lowest BCUT2D eigenvalue weighted by Gasteiger charge is -2.16. The first-order chi connectivity index (χ1) is 12.4. The number of carbonyl (C=O) groups is 1. The summed E-state index contributed by atoms with van der Waals surface area (Å²) in [6, 6.07) is 9.98. The van der Waals surface area contributed by atoms with E-state index in [0.717, 1.165) is 11.1 Å². The summed E-state index contributed by atoms with van der Waals surface area (Å²) in [6.07, 6.45) is 3.75. The van der Waals surface area contributed by atoms with Gasteiger partial charge in [0.05, 0.1) is 16.1 Å². The third kappa shape index (κ3) is 4.19. The van der Waals surface area contributed by atoms with E-state index in [1.807, 2.05) is 6.92 Å². The molecule has 0 saturated heterocycles. The van der Waals surface area contributed by atoms with Crippen LogP contribution in [0.4, 0.5) is 0 Å². The molecule has 144 valence electrons. The van der Waals surface area contributed by atoms with Crippen molar-refractivity contribution < 1.29 is 13.2 Å². The largest absolute Gasteiger partial charge is 0.343 e. The number of nitrogens with one attached hydrogen (secondary N) is 1. The minimum absolute atomic E-state index is 0.201. The van der Waals surface area contributed by atoms with Gasteiger partial charge >= 0.3 is 0 Å². The second-order valence-electron chi connectivity index (χ2n) is 6.68. The average Bonchev–Trinajstić information content (AvgIpc) is 2.96. The van der Waals surface area contributed by atoms with Gasteiger partial charge in [-0.2, -0.15) is 0 Å². The molecular weight excluding hydrogens is 431 g/mol. The number of hydrogen-bond donors (Lipinski definition) is 1. The number of carbonyl (C=O) groups excluding carboxylic acids is 1. The fourth-order valence-electron chi connectivity index (χ4n) is 2.71. The molecule has 1 N–H and O–H groups in total. The maximum Gasteiger partial charge on any atom is 0.272 e. The number of amides is 1. The lowest BCUT2D eigenvalue weighted by molar-refractivity contribution is -0.120. The Bertz CT molecular complexity index is 1020. The molecule has 1 unspecified atom stereocenters. The van der Waals surface area contributed by atoms with Gasteiger partial charge in [-0.1, -0.05) is 52.5 Å². The van der Waals surface area contributed by atoms with Crippen molar-refractivity contribution in [2.75, 3.05) is 0 Å². The summed E-state index contributed by atoms with van der Waals surface area (Å²) in [4.78, 5) is 12.1. The highest BCUT2D eigenvalue weighted by Crippen LogP contribution is 2.44. The van der Waals surface area contributed by atoms with Crippen LogP contribution in [0.1, 0.15) is 24.6 Å². The molecule has 0 bridgehead atoms. The van der Waals surface area contributed by atoms with Crippen LogP contribution in [-0.4, -0.2) is 27.6 Å². The quantitative estimate of drug-likeness (QED) is 0.719. The van der Waals surface area contributed by atoms with E-state index < -0.39 is 25.3 Å². The Balaban J connectivity index is 1.88. The van der Waals surface area contributed by atoms with E-state index in [9.17, 15) is 13.2 Å². The number of aryl methyl sites for hydroxylation is 1. The molecule has 0 aliphatic heterocycles. The summed E-state index contributed by atoms with van der Waals surface area (Å²) in [5, 5.41) is 2.67. The molecule has 1 aromatic carbocycles. The molecule has 1 atom stereocenters. The highest BCUT2D eigenvalue weighted by atomic mass is 35.6. The number of benzene rings is 1. The van der Waals surface area contributed by atoms with Gasteiger partial charge in [-0.05, 0) is 56.2 Å². The van der Waals surface area contributed by atoms with Crippen molar-refractivity contribution in [2.24, 2.45) is 0 Å². The summed E-state index contributed by atoms with van der Waals surface area (Å²) in [7, 11) is -3.72. The second-order valence-corrected chi connectivity index (χ2v) is 10.8. The molecule has 3 rings (SSSR count). The third-order valence-electron chi connectivity index (χ3n) is 4.42. The van der Waals surface area contributed by atoms with E-state index in [4.69, 9.17) is 34.8 Å². The topological polar surface area (TPSA) is 68.2 Å².